The normalized spacial score (nSPS) is 13.9. The molecule has 39 heavy (non-hydrogen) atoms. The van der Waals surface area contributed by atoms with Gasteiger partial charge in [-0.15, -0.1) is 0 Å². The highest BCUT2D eigenvalue weighted by Gasteiger charge is 2.37. The third-order valence-electron chi connectivity index (χ3n) is 6.76. The zero-order valence-corrected chi connectivity index (χ0v) is 23.5. The number of benzene rings is 3. The maximum atomic E-state index is 14.2. The molecule has 0 spiro atoms. The van der Waals surface area contributed by atoms with Gasteiger partial charge >= 0.3 is 6.03 Å². The molecule has 0 aliphatic carbocycles. The van der Waals surface area contributed by atoms with E-state index >= 15 is 0 Å². The summed E-state index contributed by atoms with van der Waals surface area (Å²) in [5, 5.41) is 4.04. The maximum absolute atomic E-state index is 14.2. The predicted octanol–water partition coefficient (Wildman–Crippen LogP) is 8.21. The lowest BCUT2D eigenvalue weighted by Gasteiger charge is -2.39. The molecule has 1 aliphatic rings. The summed E-state index contributed by atoms with van der Waals surface area (Å²) in [6, 6.07) is 23.5. The van der Waals surface area contributed by atoms with Crippen molar-refractivity contribution in [2.45, 2.75) is 25.8 Å². The van der Waals surface area contributed by atoms with Gasteiger partial charge in [-0.05, 0) is 60.5 Å². The average Bonchev–Trinajstić information content (AvgIpc) is 3.43. The first-order valence-electron chi connectivity index (χ1n) is 12.7. The number of carbonyl (C=O) groups is 2. The van der Waals surface area contributed by atoms with Crippen LogP contribution in [-0.4, -0.2) is 34.5 Å². The van der Waals surface area contributed by atoms with Crippen LogP contribution in [0.2, 0.25) is 15.1 Å². The van der Waals surface area contributed by atoms with E-state index in [2.05, 4.69) is 9.88 Å². The lowest BCUT2D eigenvalue weighted by atomic mass is 9.97. The second kappa shape index (κ2) is 11.7. The molecule has 5 rings (SSSR count). The Balaban J connectivity index is 1.50. The van der Waals surface area contributed by atoms with Crippen LogP contribution in [0.25, 0.3) is 5.69 Å². The Bertz CT molecular complexity index is 1500. The fourth-order valence-corrected chi connectivity index (χ4v) is 5.33. The van der Waals surface area contributed by atoms with E-state index in [1.165, 1.54) is 4.90 Å². The van der Waals surface area contributed by atoms with E-state index in [4.69, 9.17) is 34.8 Å². The molecule has 3 amide bonds. The topological polar surface area (TPSA) is 57.6 Å². The number of fused-ring (bicyclic) bond motifs is 3. The van der Waals surface area contributed by atoms with Crippen LogP contribution in [-0.2, 0) is 4.79 Å². The molecule has 9 heteroatoms. The number of carbonyl (C=O) groups excluding carboxylic acids is 2. The predicted molar refractivity (Wildman–Crippen MR) is 159 cm³/mol. The van der Waals surface area contributed by atoms with Crippen LogP contribution in [0.15, 0.2) is 85.1 Å². The Morgan fingerprint density at radius 3 is 2.38 bits per heavy atom. The lowest BCUT2D eigenvalue weighted by molar-refractivity contribution is -0.119. The van der Waals surface area contributed by atoms with Crippen LogP contribution in [0.1, 0.15) is 37.1 Å². The number of aromatic nitrogens is 1. The first-order valence-corrected chi connectivity index (χ1v) is 13.9. The van der Waals surface area contributed by atoms with Crippen molar-refractivity contribution in [2.75, 3.05) is 23.3 Å². The minimum Gasteiger partial charge on any atom is -0.316 e. The molecule has 1 unspecified atom stereocenters. The molecule has 1 aromatic heterocycles. The molecular formula is C30H27Cl3N4O2. The van der Waals surface area contributed by atoms with E-state index < -0.39 is 12.1 Å². The van der Waals surface area contributed by atoms with Crippen molar-refractivity contribution >= 4 is 58.1 Å². The standard InChI is InChI=1S/C30H27Cl3N4O2/c1-2-3-17-35(30(39)34-23-9-6-8-22(32)28(23)33)19-27(38)37-25-11-5-4-10-24(25)36-18-7-12-26(36)29(37)20-13-15-21(31)16-14-20/h4-16,18,29H,2-3,17,19H2,1H3,(H,34,39). The van der Waals surface area contributed by atoms with E-state index in [1.54, 1.807) is 23.1 Å². The highest BCUT2D eigenvalue weighted by molar-refractivity contribution is 6.44. The first-order chi connectivity index (χ1) is 18.9. The summed E-state index contributed by atoms with van der Waals surface area (Å²) < 4.78 is 2.10. The molecule has 2 heterocycles. The van der Waals surface area contributed by atoms with Gasteiger partial charge in [0, 0.05) is 17.8 Å². The molecule has 1 N–H and O–H groups in total. The number of hydrogen-bond acceptors (Lipinski definition) is 2. The van der Waals surface area contributed by atoms with E-state index in [0.717, 1.165) is 35.5 Å². The van der Waals surface area contributed by atoms with Gasteiger partial charge in [0.05, 0.1) is 32.8 Å². The molecular weight excluding hydrogens is 555 g/mol. The Morgan fingerprint density at radius 1 is 0.897 bits per heavy atom. The minimum absolute atomic E-state index is 0.122. The van der Waals surface area contributed by atoms with Gasteiger partial charge in [0.1, 0.15) is 12.6 Å². The van der Waals surface area contributed by atoms with Crippen molar-refractivity contribution in [1.29, 1.82) is 0 Å². The van der Waals surface area contributed by atoms with Gasteiger partial charge in [-0.1, -0.05) is 78.5 Å². The number of urea groups is 1. The highest BCUT2D eigenvalue weighted by Crippen LogP contribution is 2.42. The van der Waals surface area contributed by atoms with Gasteiger partial charge in [-0.2, -0.15) is 0 Å². The largest absolute Gasteiger partial charge is 0.322 e. The number of nitrogens with zero attached hydrogens (tertiary/aromatic N) is 3. The number of rotatable bonds is 7. The Labute approximate surface area is 242 Å². The van der Waals surface area contributed by atoms with Gasteiger partial charge < -0.3 is 14.8 Å². The number of para-hydroxylation sites is 2. The highest BCUT2D eigenvalue weighted by atomic mass is 35.5. The van der Waals surface area contributed by atoms with Crippen molar-refractivity contribution < 1.29 is 9.59 Å². The number of amides is 3. The van der Waals surface area contributed by atoms with Crippen LogP contribution < -0.4 is 10.2 Å². The van der Waals surface area contributed by atoms with Gasteiger partial charge in [0.25, 0.3) is 0 Å². The first kappa shape index (κ1) is 27.1. The number of nitrogens with one attached hydrogen (secondary N) is 1. The van der Waals surface area contributed by atoms with Gasteiger partial charge in [-0.3, -0.25) is 9.69 Å². The summed E-state index contributed by atoms with van der Waals surface area (Å²) in [6.07, 6.45) is 3.60. The molecule has 1 aliphatic heterocycles. The maximum Gasteiger partial charge on any atom is 0.322 e. The molecule has 0 bridgehead atoms. The van der Waals surface area contributed by atoms with Crippen molar-refractivity contribution in [3.63, 3.8) is 0 Å². The summed E-state index contributed by atoms with van der Waals surface area (Å²) in [5.74, 6) is -0.210. The zero-order valence-electron chi connectivity index (χ0n) is 21.3. The molecule has 6 nitrogen and oxygen atoms in total. The molecule has 4 aromatic rings. The molecule has 1 atom stereocenters. The SMILES string of the molecule is CCCCN(CC(=O)N1c2ccccc2-n2cccc2C1c1ccc(Cl)cc1)C(=O)Nc1cccc(Cl)c1Cl. The Hall–Kier alpha value is -3.45. The minimum atomic E-state index is -0.419. The van der Waals surface area contributed by atoms with E-state index in [-0.39, 0.29) is 17.5 Å². The van der Waals surface area contributed by atoms with Crippen LogP contribution >= 0.6 is 34.8 Å². The lowest BCUT2D eigenvalue weighted by Crippen LogP contribution is -2.48. The summed E-state index contributed by atoms with van der Waals surface area (Å²) in [5.41, 5.74) is 3.91. The van der Waals surface area contributed by atoms with Gasteiger partial charge in [-0.25, -0.2) is 4.79 Å². The van der Waals surface area contributed by atoms with Crippen molar-refractivity contribution in [2.24, 2.45) is 0 Å². The van der Waals surface area contributed by atoms with Crippen LogP contribution in [0, 0.1) is 0 Å². The van der Waals surface area contributed by atoms with E-state index in [0.29, 0.717) is 22.3 Å². The molecule has 3 aromatic carbocycles. The summed E-state index contributed by atoms with van der Waals surface area (Å²) in [4.78, 5) is 30.9. The van der Waals surface area contributed by atoms with Gasteiger partial charge in [0.2, 0.25) is 5.91 Å². The van der Waals surface area contributed by atoms with Crippen molar-refractivity contribution in [1.82, 2.24) is 9.47 Å². The van der Waals surface area contributed by atoms with E-state index in [1.807, 2.05) is 73.8 Å². The molecule has 0 saturated heterocycles. The second-order valence-corrected chi connectivity index (χ2v) is 10.5. The molecule has 0 saturated carbocycles. The monoisotopic (exact) mass is 580 g/mol. The van der Waals surface area contributed by atoms with Crippen molar-refractivity contribution in [3.05, 3.63) is 111 Å². The van der Waals surface area contributed by atoms with Crippen molar-refractivity contribution in [3.8, 4) is 5.69 Å². The second-order valence-electron chi connectivity index (χ2n) is 9.32. The summed E-state index contributed by atoms with van der Waals surface area (Å²) >= 11 is 18.7. The summed E-state index contributed by atoms with van der Waals surface area (Å²) in [7, 11) is 0. The smallest absolute Gasteiger partial charge is 0.316 e. The Morgan fingerprint density at radius 2 is 1.64 bits per heavy atom. The van der Waals surface area contributed by atoms with E-state index in [9.17, 15) is 9.59 Å². The fraction of sp³-hybridized carbons (Fsp3) is 0.200. The number of anilines is 2. The number of unbranched alkanes of at least 4 members (excludes halogenated alkanes) is 1. The zero-order chi connectivity index (χ0) is 27.5. The molecule has 0 radical (unpaired) electrons. The van der Waals surface area contributed by atoms with Crippen LogP contribution in [0.5, 0.6) is 0 Å². The average molecular weight is 582 g/mol. The number of hydrogen-bond donors (Lipinski definition) is 1. The third-order valence-corrected chi connectivity index (χ3v) is 7.83. The molecule has 200 valence electrons. The number of halogens is 3. The van der Waals surface area contributed by atoms with Crippen LogP contribution in [0.3, 0.4) is 0 Å². The van der Waals surface area contributed by atoms with Crippen LogP contribution in [0.4, 0.5) is 16.2 Å². The quantitative estimate of drug-likeness (QED) is 0.239. The summed E-state index contributed by atoms with van der Waals surface area (Å²) in [6.45, 7) is 2.32. The van der Waals surface area contributed by atoms with Gasteiger partial charge in [0.15, 0.2) is 0 Å². The Kier molecular flexibility index (Phi) is 8.17. The fourth-order valence-electron chi connectivity index (χ4n) is 4.86. The molecule has 0 fully saturated rings. The third kappa shape index (κ3) is 5.50.